The Balaban J connectivity index is 0.00000102. The van der Waals surface area contributed by atoms with Crippen LogP contribution < -0.4 is 10.2 Å². The van der Waals surface area contributed by atoms with E-state index >= 15 is 0 Å². The second-order valence-corrected chi connectivity index (χ2v) is 6.18. The van der Waals surface area contributed by atoms with Crippen molar-refractivity contribution in [1.82, 2.24) is 15.4 Å². The van der Waals surface area contributed by atoms with Crippen LogP contribution in [0, 0.1) is 5.92 Å². The molecule has 1 atom stereocenters. The van der Waals surface area contributed by atoms with Crippen molar-refractivity contribution in [2.75, 3.05) is 14.2 Å². The Labute approximate surface area is 157 Å². The second kappa shape index (κ2) is 8.01. The van der Waals surface area contributed by atoms with Gasteiger partial charge in [-0.2, -0.15) is 5.10 Å². The summed E-state index contributed by atoms with van der Waals surface area (Å²) in [4.78, 5) is 19.4. The molecular formula is C20H22N4O3. The Hall–Kier alpha value is -3.19. The van der Waals surface area contributed by atoms with Crippen molar-refractivity contribution >= 4 is 22.7 Å². The van der Waals surface area contributed by atoms with Crippen LogP contribution in [-0.4, -0.2) is 40.9 Å². The van der Waals surface area contributed by atoms with E-state index in [4.69, 9.17) is 9.84 Å². The highest BCUT2D eigenvalue weighted by molar-refractivity contribution is 6.07. The number of hydrazone groups is 1. The van der Waals surface area contributed by atoms with Gasteiger partial charge in [0.05, 0.1) is 23.9 Å². The van der Waals surface area contributed by atoms with Crippen molar-refractivity contribution in [3.63, 3.8) is 0 Å². The molecule has 2 aromatic carbocycles. The van der Waals surface area contributed by atoms with Gasteiger partial charge in [0.25, 0.3) is 0 Å². The van der Waals surface area contributed by atoms with Crippen molar-refractivity contribution in [2.45, 2.75) is 13.3 Å². The summed E-state index contributed by atoms with van der Waals surface area (Å²) in [7, 11) is 2.65. The minimum Gasteiger partial charge on any atom is -0.497 e. The molecule has 7 nitrogen and oxygen atoms in total. The molecule has 0 saturated carbocycles. The van der Waals surface area contributed by atoms with Gasteiger partial charge in [0.15, 0.2) is 0 Å². The smallest absolute Gasteiger partial charge is 0.240 e. The summed E-state index contributed by atoms with van der Waals surface area (Å²) < 4.78 is 5.19. The van der Waals surface area contributed by atoms with E-state index in [0.29, 0.717) is 6.42 Å². The molecule has 3 aromatic rings. The van der Waals surface area contributed by atoms with Crippen LogP contribution in [0.25, 0.3) is 22.4 Å². The lowest BCUT2D eigenvalue weighted by Gasteiger charge is -2.18. The van der Waals surface area contributed by atoms with Gasteiger partial charge in [0, 0.05) is 30.6 Å². The number of fused-ring (bicyclic) bond motifs is 1. The Kier molecular flexibility index (Phi) is 5.52. The highest BCUT2D eigenvalue weighted by Crippen LogP contribution is 2.25. The molecule has 0 bridgehead atoms. The van der Waals surface area contributed by atoms with Gasteiger partial charge in [-0.3, -0.25) is 4.79 Å². The maximum Gasteiger partial charge on any atom is 0.240 e. The number of aromatic amines is 1. The van der Waals surface area contributed by atoms with Crippen molar-refractivity contribution < 1.29 is 14.6 Å². The monoisotopic (exact) mass is 366 g/mol. The van der Waals surface area contributed by atoms with E-state index in [2.05, 4.69) is 20.5 Å². The van der Waals surface area contributed by atoms with Gasteiger partial charge in [-0.05, 0) is 36.4 Å². The Morgan fingerprint density at radius 3 is 2.48 bits per heavy atom. The molecule has 140 valence electrons. The number of nitrogens with one attached hydrogen (secondary N) is 2. The second-order valence-electron chi connectivity index (χ2n) is 6.18. The molecule has 0 radical (unpaired) electrons. The van der Waals surface area contributed by atoms with Gasteiger partial charge >= 0.3 is 0 Å². The van der Waals surface area contributed by atoms with Crippen LogP contribution in [0.15, 0.2) is 47.6 Å². The maximum absolute atomic E-state index is 11.4. The van der Waals surface area contributed by atoms with E-state index in [1.165, 1.54) is 0 Å². The number of ether oxygens (including phenoxy) is 1. The van der Waals surface area contributed by atoms with E-state index in [-0.39, 0.29) is 11.8 Å². The van der Waals surface area contributed by atoms with Gasteiger partial charge < -0.3 is 14.8 Å². The number of carbonyl (C=O) groups excluding carboxylic acids is 1. The number of imidazole rings is 1. The van der Waals surface area contributed by atoms with Gasteiger partial charge in [-0.15, -0.1) is 0 Å². The number of methoxy groups -OCH3 is 1. The van der Waals surface area contributed by atoms with Crippen LogP contribution in [0.4, 0.5) is 0 Å². The normalized spacial score (nSPS) is 16.2. The summed E-state index contributed by atoms with van der Waals surface area (Å²) in [6, 6.07) is 13.8. The summed E-state index contributed by atoms with van der Waals surface area (Å²) in [5, 5.41) is 11.2. The predicted octanol–water partition coefficient (Wildman–Crippen LogP) is 2.71. The first-order valence-electron chi connectivity index (χ1n) is 8.60. The summed E-state index contributed by atoms with van der Waals surface area (Å²) >= 11 is 0. The fourth-order valence-electron chi connectivity index (χ4n) is 3.06. The predicted molar refractivity (Wildman–Crippen MR) is 105 cm³/mol. The van der Waals surface area contributed by atoms with E-state index in [1.807, 2.05) is 49.4 Å². The number of hydrogen-bond donors (Lipinski definition) is 3. The van der Waals surface area contributed by atoms with E-state index in [9.17, 15) is 4.79 Å². The number of amides is 1. The topological polar surface area (TPSA) is 99.6 Å². The van der Waals surface area contributed by atoms with E-state index in [0.717, 1.165) is 46.6 Å². The quantitative estimate of drug-likeness (QED) is 0.663. The number of H-pyrrole nitrogens is 1. The highest BCUT2D eigenvalue weighted by Gasteiger charge is 2.22. The number of aromatic nitrogens is 2. The minimum absolute atomic E-state index is 0.0411. The first-order valence-corrected chi connectivity index (χ1v) is 8.60. The third-order valence-electron chi connectivity index (χ3n) is 4.40. The third kappa shape index (κ3) is 3.83. The maximum atomic E-state index is 11.4. The first kappa shape index (κ1) is 18.6. The van der Waals surface area contributed by atoms with E-state index in [1.54, 1.807) is 7.11 Å². The molecular weight excluding hydrogens is 344 g/mol. The van der Waals surface area contributed by atoms with E-state index < -0.39 is 0 Å². The fourth-order valence-corrected chi connectivity index (χ4v) is 3.06. The van der Waals surface area contributed by atoms with Crippen LogP contribution in [0.1, 0.15) is 18.9 Å². The number of aliphatic hydroxyl groups is 1. The number of rotatable bonds is 3. The Morgan fingerprint density at radius 1 is 1.11 bits per heavy atom. The molecule has 0 saturated heterocycles. The van der Waals surface area contributed by atoms with Gasteiger partial charge in [0.2, 0.25) is 5.91 Å². The molecule has 0 spiro atoms. The van der Waals surface area contributed by atoms with Crippen molar-refractivity contribution in [2.24, 2.45) is 11.0 Å². The molecule has 1 aliphatic heterocycles. The molecule has 3 N–H and O–H groups in total. The van der Waals surface area contributed by atoms with Crippen LogP contribution in [0.2, 0.25) is 0 Å². The molecule has 27 heavy (non-hydrogen) atoms. The average Bonchev–Trinajstić information content (AvgIpc) is 3.13. The van der Waals surface area contributed by atoms with Crippen molar-refractivity contribution in [3.8, 4) is 17.1 Å². The SMILES string of the molecule is CO.COc1ccc(-c2nc3ccc(C4=NNC(=O)CC4C)cc3[nH]2)cc1. The molecule has 2 heterocycles. The third-order valence-corrected chi connectivity index (χ3v) is 4.40. The minimum atomic E-state index is -0.0411. The lowest BCUT2D eigenvalue weighted by Crippen LogP contribution is -2.31. The number of hydrogen-bond acceptors (Lipinski definition) is 5. The largest absolute Gasteiger partial charge is 0.497 e. The summed E-state index contributed by atoms with van der Waals surface area (Å²) in [5.74, 6) is 1.67. The van der Waals surface area contributed by atoms with Gasteiger partial charge in [-0.1, -0.05) is 13.0 Å². The number of aliphatic hydroxyl groups excluding tert-OH is 1. The van der Waals surface area contributed by atoms with Crippen LogP contribution in [-0.2, 0) is 4.79 Å². The fraction of sp³-hybridized carbons (Fsp3) is 0.250. The molecule has 7 heteroatoms. The van der Waals surface area contributed by atoms with Gasteiger partial charge in [0.1, 0.15) is 11.6 Å². The lowest BCUT2D eigenvalue weighted by atomic mass is 9.94. The first-order chi connectivity index (χ1) is 13.1. The zero-order valence-electron chi connectivity index (χ0n) is 15.5. The Morgan fingerprint density at radius 2 is 1.81 bits per heavy atom. The molecule has 1 aromatic heterocycles. The highest BCUT2D eigenvalue weighted by atomic mass is 16.5. The number of nitrogens with zero attached hydrogens (tertiary/aromatic N) is 2. The summed E-state index contributed by atoms with van der Waals surface area (Å²) in [6.45, 7) is 2.01. The number of benzene rings is 2. The Bertz CT molecular complexity index is 977. The summed E-state index contributed by atoms with van der Waals surface area (Å²) in [5.41, 5.74) is 7.27. The van der Waals surface area contributed by atoms with Gasteiger partial charge in [-0.25, -0.2) is 10.4 Å². The molecule has 1 amide bonds. The number of carbonyl (C=O) groups is 1. The molecule has 1 unspecified atom stereocenters. The standard InChI is InChI=1S/C19H18N4O2.CH4O/c1-11-9-17(24)22-23-18(11)13-5-8-15-16(10-13)21-19(20-15)12-3-6-14(25-2)7-4-12;1-2/h3-8,10-11H,9H2,1-2H3,(H,20,21)(H,22,24);2H,1H3. The van der Waals surface area contributed by atoms with Crippen molar-refractivity contribution in [1.29, 1.82) is 0 Å². The van der Waals surface area contributed by atoms with Crippen LogP contribution >= 0.6 is 0 Å². The lowest BCUT2D eigenvalue weighted by molar-refractivity contribution is -0.121. The molecule has 0 fully saturated rings. The van der Waals surface area contributed by atoms with Crippen LogP contribution in [0.3, 0.4) is 0 Å². The molecule has 0 aliphatic carbocycles. The average molecular weight is 366 g/mol. The van der Waals surface area contributed by atoms with Crippen LogP contribution in [0.5, 0.6) is 5.75 Å². The van der Waals surface area contributed by atoms with Crippen molar-refractivity contribution in [3.05, 3.63) is 48.0 Å². The zero-order valence-corrected chi connectivity index (χ0v) is 15.5. The molecule has 1 aliphatic rings. The molecule has 4 rings (SSSR count). The zero-order chi connectivity index (χ0) is 19.4. The summed E-state index contributed by atoms with van der Waals surface area (Å²) in [6.07, 6.45) is 0.455.